The first-order valence-electron chi connectivity index (χ1n) is 8.10. The molecule has 10 heteroatoms. The van der Waals surface area contributed by atoms with Gasteiger partial charge >= 0.3 is 11.9 Å². The molecule has 0 spiro atoms. The minimum atomic E-state index is -4.31. The third kappa shape index (κ3) is 4.30. The maximum Gasteiger partial charge on any atom is 0.393 e. The molecular formula is C15H21F3N4O3. The highest BCUT2D eigenvalue weighted by atomic mass is 19.4. The first-order chi connectivity index (χ1) is 11.6. The summed E-state index contributed by atoms with van der Waals surface area (Å²) in [6.45, 7) is 1.72. The molecule has 2 heterocycles. The van der Waals surface area contributed by atoms with Crippen molar-refractivity contribution in [3.05, 3.63) is 26.4 Å². The quantitative estimate of drug-likeness (QED) is 0.761. The maximum atomic E-state index is 12.9. The zero-order chi connectivity index (χ0) is 18.8. The van der Waals surface area contributed by atoms with Gasteiger partial charge in [-0.1, -0.05) is 6.92 Å². The molecule has 1 saturated heterocycles. The van der Waals surface area contributed by atoms with Crippen LogP contribution in [0.4, 0.5) is 19.0 Å². The van der Waals surface area contributed by atoms with E-state index in [1.807, 2.05) is 4.98 Å². The molecule has 0 bridgehead atoms. The lowest BCUT2D eigenvalue weighted by atomic mass is 9.97. The van der Waals surface area contributed by atoms with E-state index in [2.05, 4.69) is 0 Å². The fraction of sp³-hybridized carbons (Fsp3) is 0.667. The first-order valence-corrected chi connectivity index (χ1v) is 8.10. The van der Waals surface area contributed by atoms with Gasteiger partial charge in [-0.3, -0.25) is 24.0 Å². The number of ketones is 1. The van der Waals surface area contributed by atoms with E-state index >= 15 is 0 Å². The summed E-state index contributed by atoms with van der Waals surface area (Å²) >= 11 is 0. The van der Waals surface area contributed by atoms with Gasteiger partial charge in [0.2, 0.25) is 0 Å². The maximum absolute atomic E-state index is 12.9. The number of hydrogen-bond acceptors (Lipinski definition) is 5. The number of nitrogens with two attached hydrogens (primary N) is 1. The summed E-state index contributed by atoms with van der Waals surface area (Å²) in [5.74, 6) is -2.42. The number of carbonyl (C=O) groups excluding carboxylic acids is 1. The van der Waals surface area contributed by atoms with E-state index in [-0.39, 0.29) is 37.4 Å². The number of H-pyrrole nitrogens is 1. The number of halogens is 3. The Bertz CT molecular complexity index is 754. The van der Waals surface area contributed by atoms with Crippen molar-refractivity contribution in [3.63, 3.8) is 0 Å². The van der Waals surface area contributed by atoms with Crippen LogP contribution in [0.5, 0.6) is 0 Å². The van der Waals surface area contributed by atoms with Crippen molar-refractivity contribution in [2.24, 2.45) is 5.92 Å². The van der Waals surface area contributed by atoms with Crippen LogP contribution in [0.1, 0.15) is 36.5 Å². The van der Waals surface area contributed by atoms with Crippen molar-refractivity contribution < 1.29 is 18.0 Å². The fourth-order valence-corrected chi connectivity index (χ4v) is 3.05. The summed E-state index contributed by atoms with van der Waals surface area (Å²) in [7, 11) is 0. The standard InChI is InChI=1S/C15H21F3N4O3/c1-2-5-22-12(19)11(13(24)20-14(22)25)10(23)8-21-6-3-4-9(7-21)15(16,17)18/h9H,2-8,19H2,1H3,(H,20,24,25)/t9-/m1/s1. The van der Waals surface area contributed by atoms with E-state index in [0.717, 1.165) is 4.57 Å². The molecule has 1 aromatic heterocycles. The van der Waals surface area contributed by atoms with Gasteiger partial charge in [0.25, 0.3) is 5.56 Å². The van der Waals surface area contributed by atoms with Gasteiger partial charge in [-0.2, -0.15) is 13.2 Å². The molecule has 140 valence electrons. The Morgan fingerprint density at radius 3 is 2.64 bits per heavy atom. The number of anilines is 1. The Labute approximate surface area is 141 Å². The molecule has 1 aromatic rings. The van der Waals surface area contributed by atoms with Crippen molar-refractivity contribution in [1.82, 2.24) is 14.5 Å². The Kier molecular flexibility index (Phi) is 5.71. The third-order valence-electron chi connectivity index (χ3n) is 4.30. The zero-order valence-corrected chi connectivity index (χ0v) is 13.9. The summed E-state index contributed by atoms with van der Waals surface area (Å²) in [6, 6.07) is 0. The summed E-state index contributed by atoms with van der Waals surface area (Å²) in [5.41, 5.74) is 3.80. The topological polar surface area (TPSA) is 101 Å². The number of nitrogen functional groups attached to an aromatic ring is 1. The molecule has 2 rings (SSSR count). The molecule has 25 heavy (non-hydrogen) atoms. The van der Waals surface area contributed by atoms with Crippen LogP contribution in [-0.2, 0) is 6.54 Å². The molecule has 1 fully saturated rings. The number of rotatable bonds is 5. The van der Waals surface area contributed by atoms with E-state index in [0.29, 0.717) is 19.4 Å². The minimum absolute atomic E-state index is 0.0261. The molecule has 0 aromatic carbocycles. The van der Waals surface area contributed by atoms with Crippen molar-refractivity contribution >= 4 is 11.6 Å². The third-order valence-corrected chi connectivity index (χ3v) is 4.30. The van der Waals surface area contributed by atoms with Crippen LogP contribution in [0.3, 0.4) is 0 Å². The molecule has 0 unspecified atom stereocenters. The lowest BCUT2D eigenvalue weighted by Gasteiger charge is -2.33. The lowest BCUT2D eigenvalue weighted by Crippen LogP contribution is -2.45. The number of aromatic nitrogens is 2. The van der Waals surface area contributed by atoms with Crippen molar-refractivity contribution in [2.75, 3.05) is 25.4 Å². The largest absolute Gasteiger partial charge is 0.393 e. The number of nitrogens with zero attached hydrogens (tertiary/aromatic N) is 2. The molecule has 0 amide bonds. The molecule has 7 nitrogen and oxygen atoms in total. The summed E-state index contributed by atoms with van der Waals surface area (Å²) in [4.78, 5) is 39.6. The van der Waals surface area contributed by atoms with Crippen LogP contribution in [0, 0.1) is 5.92 Å². The predicted octanol–water partition coefficient (Wildman–Crippen LogP) is 0.986. The zero-order valence-electron chi connectivity index (χ0n) is 13.9. The van der Waals surface area contributed by atoms with Crippen molar-refractivity contribution in [1.29, 1.82) is 0 Å². The van der Waals surface area contributed by atoms with Crippen LogP contribution in [0.25, 0.3) is 0 Å². The lowest BCUT2D eigenvalue weighted by molar-refractivity contribution is -0.186. The molecule has 0 aliphatic carbocycles. The second-order valence-corrected chi connectivity index (χ2v) is 6.21. The second-order valence-electron chi connectivity index (χ2n) is 6.21. The summed E-state index contributed by atoms with van der Waals surface area (Å²) in [5, 5.41) is 0. The van der Waals surface area contributed by atoms with Gasteiger partial charge in [0, 0.05) is 13.1 Å². The van der Waals surface area contributed by atoms with Crippen LogP contribution in [0.15, 0.2) is 9.59 Å². The van der Waals surface area contributed by atoms with Gasteiger partial charge in [0.1, 0.15) is 11.4 Å². The molecule has 3 N–H and O–H groups in total. The SMILES string of the molecule is CCCn1c(N)c(C(=O)CN2CCC[C@@H](C(F)(F)F)C2)c(=O)[nH]c1=O. The summed E-state index contributed by atoms with van der Waals surface area (Å²) in [6.07, 6.45) is -3.41. The van der Waals surface area contributed by atoms with E-state index in [1.165, 1.54) is 4.90 Å². The number of likely N-dealkylation sites (tertiary alicyclic amines) is 1. The van der Waals surface area contributed by atoms with Crippen LogP contribution < -0.4 is 17.0 Å². The smallest absolute Gasteiger partial charge is 0.384 e. The Morgan fingerprint density at radius 1 is 1.36 bits per heavy atom. The van der Waals surface area contributed by atoms with E-state index in [1.54, 1.807) is 6.92 Å². The monoisotopic (exact) mass is 362 g/mol. The highest BCUT2D eigenvalue weighted by Crippen LogP contribution is 2.33. The van der Waals surface area contributed by atoms with E-state index in [9.17, 15) is 27.6 Å². The number of Topliss-reactive ketones (excluding diaryl/α,β-unsaturated/α-hetero) is 1. The van der Waals surface area contributed by atoms with Crippen LogP contribution in [0.2, 0.25) is 0 Å². The average molecular weight is 362 g/mol. The van der Waals surface area contributed by atoms with Crippen molar-refractivity contribution in [3.8, 4) is 0 Å². The van der Waals surface area contributed by atoms with E-state index < -0.39 is 29.1 Å². The number of piperidine rings is 1. The van der Waals surface area contributed by atoms with Crippen LogP contribution in [-0.4, -0.2) is 46.0 Å². The predicted molar refractivity (Wildman–Crippen MR) is 85.6 cm³/mol. The van der Waals surface area contributed by atoms with Gasteiger partial charge in [0.15, 0.2) is 5.78 Å². The fourth-order valence-electron chi connectivity index (χ4n) is 3.05. The Balaban J connectivity index is 2.23. The van der Waals surface area contributed by atoms with Gasteiger partial charge in [0.05, 0.1) is 12.5 Å². The highest BCUT2D eigenvalue weighted by molar-refractivity contribution is 6.01. The van der Waals surface area contributed by atoms with Crippen LogP contribution >= 0.6 is 0 Å². The number of alkyl halides is 3. The molecule has 0 radical (unpaired) electrons. The summed E-state index contributed by atoms with van der Waals surface area (Å²) < 4.78 is 39.7. The van der Waals surface area contributed by atoms with Crippen molar-refractivity contribution in [2.45, 2.75) is 38.9 Å². The second kappa shape index (κ2) is 7.42. The van der Waals surface area contributed by atoms with Gasteiger partial charge in [-0.25, -0.2) is 4.79 Å². The molecular weight excluding hydrogens is 341 g/mol. The Hall–Kier alpha value is -2.10. The van der Waals surface area contributed by atoms with Gasteiger partial charge in [-0.05, 0) is 25.8 Å². The van der Waals surface area contributed by atoms with Gasteiger partial charge < -0.3 is 5.73 Å². The normalized spacial score (nSPS) is 19.1. The van der Waals surface area contributed by atoms with E-state index in [4.69, 9.17) is 5.73 Å². The number of nitrogens with one attached hydrogen (secondary N) is 1. The highest BCUT2D eigenvalue weighted by Gasteiger charge is 2.42. The molecule has 1 aliphatic heterocycles. The number of aromatic amines is 1. The average Bonchev–Trinajstić information content (AvgIpc) is 2.50. The Morgan fingerprint density at radius 2 is 2.04 bits per heavy atom. The molecule has 1 aliphatic rings. The number of hydrogen-bond donors (Lipinski definition) is 2. The minimum Gasteiger partial charge on any atom is -0.384 e. The molecule has 0 saturated carbocycles. The van der Waals surface area contributed by atoms with Gasteiger partial charge in [-0.15, -0.1) is 0 Å². The number of carbonyl (C=O) groups is 1. The first kappa shape index (κ1) is 19.2. The molecule has 1 atom stereocenters.